The van der Waals surface area contributed by atoms with Crippen LogP contribution in [0.4, 0.5) is 0 Å². The fraction of sp³-hybridized carbons (Fsp3) is 0.269. The predicted octanol–water partition coefficient (Wildman–Crippen LogP) is 14.6. The van der Waals surface area contributed by atoms with Gasteiger partial charge in [-0.3, -0.25) is 9.78 Å². The van der Waals surface area contributed by atoms with E-state index in [9.17, 15) is 9.90 Å². The first-order valence-corrected chi connectivity index (χ1v) is 20.2. The van der Waals surface area contributed by atoms with E-state index in [1.54, 1.807) is 0 Å². The molecule has 1 radical (unpaired) electrons. The van der Waals surface area contributed by atoms with Gasteiger partial charge in [-0.25, -0.2) is 0 Å². The Bertz CT molecular complexity index is 2560. The largest absolute Gasteiger partial charge is 0.512 e. The van der Waals surface area contributed by atoms with Crippen LogP contribution in [0.2, 0.25) is 0 Å². The van der Waals surface area contributed by atoms with Gasteiger partial charge in [0.05, 0.1) is 5.76 Å². The Hall–Kier alpha value is -5.09. The maximum absolute atomic E-state index is 11.7. The van der Waals surface area contributed by atoms with E-state index in [0.29, 0.717) is 0 Å². The second-order valence-electron chi connectivity index (χ2n) is 15.9. The van der Waals surface area contributed by atoms with Crippen LogP contribution in [0.1, 0.15) is 79.7 Å². The second-order valence-corrected chi connectivity index (χ2v) is 15.9. The number of nitrogens with zero attached hydrogens (tertiary/aromatic N) is 1. The molecule has 2 aromatic heterocycles. The summed E-state index contributed by atoms with van der Waals surface area (Å²) in [4.78, 5) is 16.6. The third kappa shape index (κ3) is 8.06. The predicted molar refractivity (Wildman–Crippen MR) is 234 cm³/mol. The van der Waals surface area contributed by atoms with Gasteiger partial charge in [0.1, 0.15) is 11.3 Å². The number of carbonyl (C=O) groups is 1. The van der Waals surface area contributed by atoms with E-state index in [4.69, 9.17) is 9.40 Å². The Kier molecular flexibility index (Phi) is 12.8. The average Bonchev–Trinajstić information content (AvgIpc) is 3.60. The van der Waals surface area contributed by atoms with Crippen LogP contribution < -0.4 is 0 Å². The molecule has 0 spiro atoms. The number of rotatable bonds is 8. The number of benzene rings is 5. The molecule has 57 heavy (non-hydrogen) atoms. The van der Waals surface area contributed by atoms with Crippen LogP contribution in [0.15, 0.2) is 132 Å². The molecule has 0 aliphatic heterocycles. The molecule has 5 heteroatoms. The minimum absolute atomic E-state index is 0. The normalized spacial score (nSPS) is 12.1. The Labute approximate surface area is 351 Å². The van der Waals surface area contributed by atoms with Gasteiger partial charge in [-0.05, 0) is 65.0 Å². The van der Waals surface area contributed by atoms with Crippen molar-refractivity contribution in [1.29, 1.82) is 0 Å². The molecular weight excluding hydrogens is 879 g/mol. The number of aliphatic hydroxyl groups excluding tert-OH is 1. The third-order valence-corrected chi connectivity index (χ3v) is 11.4. The summed E-state index contributed by atoms with van der Waals surface area (Å²) >= 11 is 0. The van der Waals surface area contributed by atoms with Crippen LogP contribution in [-0.4, -0.2) is 15.9 Å². The van der Waals surface area contributed by atoms with Crippen molar-refractivity contribution in [2.24, 2.45) is 11.8 Å². The molecule has 0 unspecified atom stereocenters. The summed E-state index contributed by atoms with van der Waals surface area (Å²) in [7, 11) is 0. The summed E-state index contributed by atoms with van der Waals surface area (Å²) in [6, 6.07) is 42.5. The molecule has 0 fully saturated rings. The van der Waals surface area contributed by atoms with Crippen molar-refractivity contribution in [3.63, 3.8) is 0 Å². The fourth-order valence-electron chi connectivity index (χ4n) is 8.24. The molecule has 2 heterocycles. The number of pyridine rings is 1. The summed E-state index contributed by atoms with van der Waals surface area (Å²) in [5, 5.41) is 13.1. The fourth-order valence-corrected chi connectivity index (χ4v) is 8.24. The molecule has 5 aromatic carbocycles. The van der Waals surface area contributed by atoms with E-state index >= 15 is 0 Å². The van der Waals surface area contributed by atoms with Crippen LogP contribution in [0.25, 0.3) is 77.7 Å². The van der Waals surface area contributed by atoms with Gasteiger partial charge < -0.3 is 9.52 Å². The van der Waals surface area contributed by atoms with Gasteiger partial charge in [0.25, 0.3) is 0 Å². The minimum Gasteiger partial charge on any atom is -0.512 e. The molecule has 0 saturated heterocycles. The van der Waals surface area contributed by atoms with Crippen molar-refractivity contribution >= 4 is 27.5 Å². The van der Waals surface area contributed by atoms with Crippen molar-refractivity contribution in [3.8, 4) is 56.0 Å². The van der Waals surface area contributed by atoms with Crippen LogP contribution in [0, 0.1) is 17.9 Å². The Morgan fingerprint density at radius 3 is 1.79 bits per heavy atom. The monoisotopic (exact) mass is 931 g/mol. The van der Waals surface area contributed by atoms with Gasteiger partial charge in [0.2, 0.25) is 0 Å². The molecule has 293 valence electrons. The SMILES string of the molecule is CC(C)(C)c1cc(-c2nccc3c4c(oc23)-c2ccccc2-c2ccccc2-c2ccccc2-4)[c-]c2ccccc12.CCC(CC)C(=O)/C=C(\O)C(CC)CC.[Ir]. The van der Waals surface area contributed by atoms with E-state index < -0.39 is 0 Å². The summed E-state index contributed by atoms with van der Waals surface area (Å²) < 4.78 is 6.97. The van der Waals surface area contributed by atoms with E-state index in [-0.39, 0.29) is 48.9 Å². The summed E-state index contributed by atoms with van der Waals surface area (Å²) in [6.45, 7) is 14.9. The van der Waals surface area contributed by atoms with Crippen molar-refractivity contribution in [2.75, 3.05) is 0 Å². The molecule has 7 aromatic rings. The number of hydrogen-bond donors (Lipinski definition) is 1. The maximum Gasteiger partial charge on any atom is 0.162 e. The molecule has 8 rings (SSSR count). The summed E-state index contributed by atoms with van der Waals surface area (Å²) in [5.74, 6) is 1.43. The standard InChI is InChI=1S/C39H28NO.C13H24O2.Ir/c1-39(2,3)34-23-25(22-24-12-4-5-13-26(24)34)36-38-33(20-21-40-36)35-31-18-10-8-16-29(31)27-14-6-7-15-28(27)30-17-9-11-19-32(30)37(35)41-38;1-5-10(6-2)12(14)9-13(15)11(7-3)8-4;/h4-21,23H,1-3H3;9-11,14H,5-8H2,1-4H3;/q-1;;/b;12-9-;. The smallest absolute Gasteiger partial charge is 0.162 e. The van der Waals surface area contributed by atoms with Crippen LogP contribution in [-0.2, 0) is 30.3 Å². The van der Waals surface area contributed by atoms with E-state index in [1.807, 2.05) is 33.9 Å². The number of carbonyl (C=O) groups excluding carboxylic acids is 1. The van der Waals surface area contributed by atoms with Gasteiger partial charge in [0, 0.05) is 66.4 Å². The molecule has 0 atom stereocenters. The number of ketones is 1. The van der Waals surface area contributed by atoms with Gasteiger partial charge >= 0.3 is 0 Å². The molecule has 1 N–H and O–H groups in total. The Balaban J connectivity index is 0.000000295. The van der Waals surface area contributed by atoms with Crippen LogP contribution in [0.3, 0.4) is 0 Å². The first-order chi connectivity index (χ1) is 27.1. The van der Waals surface area contributed by atoms with E-state index in [1.165, 1.54) is 44.8 Å². The summed E-state index contributed by atoms with van der Waals surface area (Å²) in [6.07, 6.45) is 6.82. The average molecular weight is 931 g/mol. The molecule has 1 aliphatic rings. The number of fused-ring (bicyclic) bond motifs is 11. The molecule has 0 saturated carbocycles. The van der Waals surface area contributed by atoms with Gasteiger partial charge in [-0.1, -0.05) is 150 Å². The zero-order valence-electron chi connectivity index (χ0n) is 34.1. The van der Waals surface area contributed by atoms with Crippen LogP contribution in [0.5, 0.6) is 0 Å². The maximum atomic E-state index is 11.7. The Morgan fingerprint density at radius 1 is 0.702 bits per heavy atom. The number of hydrogen-bond acceptors (Lipinski definition) is 4. The minimum atomic E-state index is -0.0424. The van der Waals surface area contributed by atoms with Crippen molar-refractivity contribution in [3.05, 3.63) is 139 Å². The van der Waals surface area contributed by atoms with Gasteiger partial charge in [-0.15, -0.1) is 29.1 Å². The van der Waals surface area contributed by atoms with Crippen LogP contribution >= 0.6 is 0 Å². The zero-order chi connectivity index (χ0) is 39.6. The van der Waals surface area contributed by atoms with E-state index in [0.717, 1.165) is 70.2 Å². The van der Waals surface area contributed by atoms with E-state index in [2.05, 4.69) is 136 Å². The second kappa shape index (κ2) is 17.6. The molecule has 1 aliphatic carbocycles. The number of aliphatic hydroxyl groups is 1. The topological polar surface area (TPSA) is 63.3 Å². The van der Waals surface area contributed by atoms with Gasteiger partial charge in [0.15, 0.2) is 5.78 Å². The third-order valence-electron chi connectivity index (χ3n) is 11.4. The van der Waals surface area contributed by atoms with Crippen molar-refractivity contribution < 1.29 is 34.4 Å². The first kappa shape index (κ1) is 41.5. The molecule has 0 amide bonds. The zero-order valence-corrected chi connectivity index (χ0v) is 36.5. The number of aromatic nitrogens is 1. The molecule has 0 bridgehead atoms. The van der Waals surface area contributed by atoms with Gasteiger partial charge in [-0.2, -0.15) is 0 Å². The summed E-state index contributed by atoms with van der Waals surface area (Å²) in [5.41, 5.74) is 12.0. The van der Waals surface area contributed by atoms with Crippen molar-refractivity contribution in [1.82, 2.24) is 4.98 Å². The quantitative estimate of drug-likeness (QED) is 0.0937. The molecule has 4 nitrogen and oxygen atoms in total. The van der Waals surface area contributed by atoms with Crippen molar-refractivity contribution in [2.45, 2.75) is 79.6 Å². The number of furan rings is 1. The Morgan fingerprint density at radius 2 is 1.21 bits per heavy atom. The first-order valence-electron chi connectivity index (χ1n) is 20.2. The molecular formula is C52H52IrNO3-. The number of allylic oxidation sites excluding steroid dienone is 2.